The Hall–Kier alpha value is -3.15. The Morgan fingerprint density at radius 1 is 1.12 bits per heavy atom. The molecule has 0 saturated carbocycles. The van der Waals surface area contributed by atoms with Gasteiger partial charge in [0.05, 0.1) is 17.4 Å². The van der Waals surface area contributed by atoms with E-state index in [4.69, 9.17) is 4.52 Å². The maximum Gasteiger partial charge on any atom is 0.258 e. The van der Waals surface area contributed by atoms with Crippen molar-refractivity contribution >= 4 is 23.1 Å². The lowest BCUT2D eigenvalue weighted by atomic mass is 10.0. The highest BCUT2D eigenvalue weighted by atomic mass is 16.5. The molecule has 0 aliphatic heterocycles. The van der Waals surface area contributed by atoms with E-state index in [1.54, 1.807) is 25.3 Å². The number of aryl methyl sites for hydroxylation is 3. The summed E-state index contributed by atoms with van der Waals surface area (Å²) in [7, 11) is 0. The van der Waals surface area contributed by atoms with E-state index in [9.17, 15) is 4.79 Å². The van der Waals surface area contributed by atoms with Gasteiger partial charge in [-0.25, -0.2) is 0 Å². The maximum absolute atomic E-state index is 12.4. The van der Waals surface area contributed by atoms with Crippen LogP contribution in [0.15, 0.2) is 47.2 Å². The normalized spacial score (nSPS) is 10.6. The van der Waals surface area contributed by atoms with Crippen LogP contribution in [0.5, 0.6) is 0 Å². The zero-order valence-electron chi connectivity index (χ0n) is 15.2. The van der Waals surface area contributed by atoms with Crippen molar-refractivity contribution in [2.45, 2.75) is 33.6 Å². The third-order valence-corrected chi connectivity index (χ3v) is 4.14. The molecule has 3 rings (SSSR count). The fourth-order valence-corrected chi connectivity index (χ4v) is 2.79. The van der Waals surface area contributed by atoms with Gasteiger partial charge in [0.15, 0.2) is 5.82 Å². The molecule has 0 bridgehead atoms. The largest absolute Gasteiger partial charge is 0.360 e. The molecule has 0 unspecified atom stereocenters. The van der Waals surface area contributed by atoms with Crippen molar-refractivity contribution in [2.24, 2.45) is 0 Å². The van der Waals surface area contributed by atoms with Crippen molar-refractivity contribution < 1.29 is 9.32 Å². The van der Waals surface area contributed by atoms with Crippen LogP contribution in [0.25, 0.3) is 0 Å². The van der Waals surface area contributed by atoms with Crippen molar-refractivity contribution in [3.8, 4) is 0 Å². The highest BCUT2D eigenvalue weighted by Crippen LogP contribution is 2.26. The molecule has 26 heavy (non-hydrogen) atoms. The molecule has 1 amide bonds. The minimum absolute atomic E-state index is 0.283. The molecule has 6 heteroatoms. The molecule has 2 aromatic heterocycles. The van der Waals surface area contributed by atoms with Crippen LogP contribution < -0.4 is 10.6 Å². The lowest BCUT2D eigenvalue weighted by Crippen LogP contribution is -2.13. The van der Waals surface area contributed by atoms with E-state index in [1.165, 1.54) is 17.3 Å². The van der Waals surface area contributed by atoms with Gasteiger partial charge in [0, 0.05) is 18.0 Å². The number of hydrogen-bond donors (Lipinski definition) is 2. The van der Waals surface area contributed by atoms with Crippen molar-refractivity contribution in [3.05, 3.63) is 65.2 Å². The van der Waals surface area contributed by atoms with Gasteiger partial charge in [0.25, 0.3) is 5.91 Å². The number of pyridine rings is 1. The molecule has 2 N–H and O–H groups in total. The van der Waals surface area contributed by atoms with Crippen molar-refractivity contribution in [2.75, 3.05) is 10.6 Å². The molecule has 2 heterocycles. The summed E-state index contributed by atoms with van der Waals surface area (Å²) < 4.78 is 4.96. The Morgan fingerprint density at radius 3 is 2.46 bits per heavy atom. The fourth-order valence-electron chi connectivity index (χ4n) is 2.79. The third-order valence-electron chi connectivity index (χ3n) is 4.14. The van der Waals surface area contributed by atoms with Crippen molar-refractivity contribution in [3.63, 3.8) is 0 Å². The molecule has 0 aliphatic rings. The SMILES string of the molecule is CCc1cccc(CC)c1Nc1cncc(C(=O)Nc2cc(C)on2)c1. The molecular formula is C20H22N4O2. The first-order valence-corrected chi connectivity index (χ1v) is 8.68. The second-order valence-electron chi connectivity index (χ2n) is 6.02. The van der Waals surface area contributed by atoms with Gasteiger partial charge in [0.2, 0.25) is 0 Å². The average Bonchev–Trinajstić information content (AvgIpc) is 3.06. The van der Waals surface area contributed by atoms with E-state index in [0.29, 0.717) is 17.1 Å². The molecule has 0 saturated heterocycles. The first-order chi connectivity index (χ1) is 12.6. The lowest BCUT2D eigenvalue weighted by molar-refractivity contribution is 0.102. The molecular weight excluding hydrogens is 328 g/mol. The zero-order chi connectivity index (χ0) is 18.5. The van der Waals surface area contributed by atoms with Gasteiger partial charge in [-0.2, -0.15) is 0 Å². The molecule has 3 aromatic rings. The number of amides is 1. The lowest BCUT2D eigenvalue weighted by Gasteiger charge is -2.15. The quantitative estimate of drug-likeness (QED) is 0.684. The van der Waals surface area contributed by atoms with Gasteiger partial charge in [-0.05, 0) is 37.0 Å². The number of carbonyl (C=O) groups is 1. The number of para-hydroxylation sites is 1. The van der Waals surface area contributed by atoms with Crippen LogP contribution in [0.4, 0.5) is 17.2 Å². The minimum atomic E-state index is -0.283. The predicted molar refractivity (Wildman–Crippen MR) is 102 cm³/mol. The first-order valence-electron chi connectivity index (χ1n) is 8.68. The van der Waals surface area contributed by atoms with Crippen LogP contribution in [-0.4, -0.2) is 16.0 Å². The first kappa shape index (κ1) is 17.7. The van der Waals surface area contributed by atoms with Gasteiger partial charge in [-0.3, -0.25) is 9.78 Å². The maximum atomic E-state index is 12.4. The second-order valence-corrected chi connectivity index (χ2v) is 6.02. The van der Waals surface area contributed by atoms with Gasteiger partial charge < -0.3 is 15.2 Å². The molecule has 134 valence electrons. The summed E-state index contributed by atoms with van der Waals surface area (Å²) in [5.74, 6) is 0.738. The highest BCUT2D eigenvalue weighted by molar-refractivity contribution is 6.04. The predicted octanol–water partition coefficient (Wildman–Crippen LogP) is 4.50. The Balaban J connectivity index is 1.83. The Labute approximate surface area is 152 Å². The van der Waals surface area contributed by atoms with E-state index in [-0.39, 0.29) is 5.91 Å². The molecule has 6 nitrogen and oxygen atoms in total. The number of benzene rings is 1. The average molecular weight is 350 g/mol. The van der Waals surface area contributed by atoms with E-state index in [0.717, 1.165) is 24.2 Å². The van der Waals surface area contributed by atoms with Crippen LogP contribution >= 0.6 is 0 Å². The molecule has 0 fully saturated rings. The molecule has 0 radical (unpaired) electrons. The monoisotopic (exact) mass is 350 g/mol. The van der Waals surface area contributed by atoms with Gasteiger partial charge in [0.1, 0.15) is 5.76 Å². The number of hydrogen-bond acceptors (Lipinski definition) is 5. The van der Waals surface area contributed by atoms with Gasteiger partial charge in [-0.15, -0.1) is 0 Å². The summed E-state index contributed by atoms with van der Waals surface area (Å²) in [6.45, 7) is 6.02. The van der Waals surface area contributed by atoms with Crippen LogP contribution in [0.1, 0.15) is 41.1 Å². The summed E-state index contributed by atoms with van der Waals surface area (Å²) in [6.07, 6.45) is 5.09. The summed E-state index contributed by atoms with van der Waals surface area (Å²) in [6, 6.07) is 9.74. The summed E-state index contributed by atoms with van der Waals surface area (Å²) in [4.78, 5) is 16.6. The molecule has 1 aromatic carbocycles. The van der Waals surface area contributed by atoms with Crippen molar-refractivity contribution in [1.82, 2.24) is 10.1 Å². The van der Waals surface area contributed by atoms with E-state index < -0.39 is 0 Å². The van der Waals surface area contributed by atoms with E-state index in [2.05, 4.69) is 52.8 Å². The fraction of sp³-hybridized carbons (Fsp3) is 0.250. The van der Waals surface area contributed by atoms with Gasteiger partial charge in [-0.1, -0.05) is 37.2 Å². The zero-order valence-corrected chi connectivity index (χ0v) is 15.2. The number of rotatable bonds is 6. The minimum Gasteiger partial charge on any atom is -0.360 e. The second kappa shape index (κ2) is 7.82. The number of nitrogens with one attached hydrogen (secondary N) is 2. The van der Waals surface area contributed by atoms with Gasteiger partial charge >= 0.3 is 0 Å². The van der Waals surface area contributed by atoms with Crippen LogP contribution in [0.3, 0.4) is 0 Å². The van der Waals surface area contributed by atoms with Crippen LogP contribution in [0.2, 0.25) is 0 Å². The van der Waals surface area contributed by atoms with Crippen LogP contribution in [-0.2, 0) is 12.8 Å². The van der Waals surface area contributed by atoms with E-state index >= 15 is 0 Å². The smallest absolute Gasteiger partial charge is 0.258 e. The summed E-state index contributed by atoms with van der Waals surface area (Å²) >= 11 is 0. The Bertz CT molecular complexity index is 895. The molecule has 0 atom stereocenters. The molecule has 0 aliphatic carbocycles. The third kappa shape index (κ3) is 3.91. The van der Waals surface area contributed by atoms with Crippen LogP contribution in [0, 0.1) is 6.92 Å². The topological polar surface area (TPSA) is 80.0 Å². The highest BCUT2D eigenvalue weighted by Gasteiger charge is 2.12. The van der Waals surface area contributed by atoms with Crippen molar-refractivity contribution in [1.29, 1.82) is 0 Å². The standard InChI is InChI=1S/C20H22N4O2/c1-4-14-7-6-8-15(5-2)19(14)22-17-10-16(11-21-12-17)20(25)23-18-9-13(3)26-24-18/h6-12,22H,4-5H2,1-3H3,(H,23,24,25). The summed E-state index contributed by atoms with van der Waals surface area (Å²) in [5.41, 5.74) is 4.77. The van der Waals surface area contributed by atoms with E-state index in [1.807, 2.05) is 0 Å². The summed E-state index contributed by atoms with van der Waals surface area (Å²) in [5, 5.41) is 9.91. The number of aromatic nitrogens is 2. The Kier molecular flexibility index (Phi) is 5.31. The molecule has 0 spiro atoms. The number of carbonyl (C=O) groups excluding carboxylic acids is 1. The number of nitrogens with zero attached hydrogens (tertiary/aromatic N) is 2. The Morgan fingerprint density at radius 2 is 1.85 bits per heavy atom. The number of anilines is 3.